The molecule has 0 bridgehead atoms. The number of carbonyl (C=O) groups is 1. The van der Waals surface area contributed by atoms with Gasteiger partial charge in [0.2, 0.25) is 10.0 Å². The molecular weight excluding hydrogens is 326 g/mol. The highest BCUT2D eigenvalue weighted by atomic mass is 32.2. The summed E-state index contributed by atoms with van der Waals surface area (Å²) in [5, 5.41) is 10.9. The number of hydrogen-bond acceptors (Lipinski definition) is 4. The molecule has 0 heterocycles. The van der Waals surface area contributed by atoms with Crippen molar-refractivity contribution in [2.24, 2.45) is 5.14 Å². The zero-order valence-corrected chi connectivity index (χ0v) is 15.8. The number of benzene rings is 1. The van der Waals surface area contributed by atoms with Gasteiger partial charge in [0.25, 0.3) is 5.91 Å². The predicted molar refractivity (Wildman–Crippen MR) is 98.5 cm³/mol. The summed E-state index contributed by atoms with van der Waals surface area (Å²) in [6.07, 6.45) is 5.26. The van der Waals surface area contributed by atoms with E-state index in [4.69, 9.17) is 5.14 Å². The molecule has 0 aliphatic rings. The van der Waals surface area contributed by atoms with Gasteiger partial charge in [-0.2, -0.15) is 0 Å². The summed E-state index contributed by atoms with van der Waals surface area (Å²) in [5.74, 6) is -0.238. The van der Waals surface area contributed by atoms with Crippen LogP contribution in [0.1, 0.15) is 56.8 Å². The van der Waals surface area contributed by atoms with Gasteiger partial charge in [-0.25, -0.2) is 13.6 Å². The summed E-state index contributed by atoms with van der Waals surface area (Å²) in [6, 6.07) is 5.45. The van der Waals surface area contributed by atoms with Gasteiger partial charge in [-0.3, -0.25) is 4.79 Å². The Kier molecular flexibility index (Phi) is 12.1. The first-order valence-corrected chi connectivity index (χ1v) is 10.0. The quantitative estimate of drug-likeness (QED) is 0.590. The third-order valence-corrected chi connectivity index (χ3v) is 4.13. The maximum atomic E-state index is 11.3. The SMILES string of the molecule is CCCCNCCCC.CCNC(=O)c1ccc(S(N)(=O)=O)cc1. The zero-order valence-electron chi connectivity index (χ0n) is 15.0. The van der Waals surface area contributed by atoms with Gasteiger partial charge < -0.3 is 10.6 Å². The molecule has 138 valence electrons. The third kappa shape index (κ3) is 10.4. The fraction of sp³-hybridized carbons (Fsp3) is 0.588. The smallest absolute Gasteiger partial charge is 0.251 e. The predicted octanol–water partition coefficient (Wildman–Crippen LogP) is 2.26. The second-order valence-corrected chi connectivity index (χ2v) is 6.95. The molecule has 0 radical (unpaired) electrons. The number of unbranched alkanes of at least 4 members (excludes halogenated alkanes) is 2. The molecule has 1 amide bonds. The minimum atomic E-state index is -3.69. The number of nitrogens with one attached hydrogen (secondary N) is 2. The number of rotatable bonds is 9. The number of sulfonamides is 1. The maximum absolute atomic E-state index is 11.3. The summed E-state index contributed by atoms with van der Waals surface area (Å²) in [5.41, 5.74) is 0.407. The first-order chi connectivity index (χ1) is 11.4. The molecule has 0 spiro atoms. The lowest BCUT2D eigenvalue weighted by molar-refractivity contribution is 0.0955. The van der Waals surface area contributed by atoms with Crippen molar-refractivity contribution in [2.75, 3.05) is 19.6 Å². The van der Waals surface area contributed by atoms with Gasteiger partial charge in [-0.05, 0) is 57.1 Å². The Hall–Kier alpha value is -1.44. The van der Waals surface area contributed by atoms with Crippen LogP contribution in [0.2, 0.25) is 0 Å². The van der Waals surface area contributed by atoms with Gasteiger partial charge in [0.1, 0.15) is 0 Å². The third-order valence-electron chi connectivity index (χ3n) is 3.20. The van der Waals surface area contributed by atoms with Crippen LogP contribution >= 0.6 is 0 Å². The van der Waals surface area contributed by atoms with E-state index in [1.165, 1.54) is 63.0 Å². The molecule has 0 saturated heterocycles. The van der Waals surface area contributed by atoms with Gasteiger partial charge in [-0.1, -0.05) is 26.7 Å². The summed E-state index contributed by atoms with van der Waals surface area (Å²) in [4.78, 5) is 11.3. The van der Waals surface area contributed by atoms with Crippen molar-refractivity contribution in [1.29, 1.82) is 0 Å². The van der Waals surface area contributed by atoms with E-state index in [0.29, 0.717) is 12.1 Å². The Morgan fingerprint density at radius 3 is 1.88 bits per heavy atom. The summed E-state index contributed by atoms with van der Waals surface area (Å²) < 4.78 is 21.8. The van der Waals surface area contributed by atoms with E-state index >= 15 is 0 Å². The van der Waals surface area contributed by atoms with Gasteiger partial charge in [0, 0.05) is 12.1 Å². The molecule has 1 rings (SSSR count). The number of amides is 1. The molecule has 1 aromatic carbocycles. The summed E-state index contributed by atoms with van der Waals surface area (Å²) in [6.45, 7) is 9.18. The van der Waals surface area contributed by atoms with E-state index in [9.17, 15) is 13.2 Å². The van der Waals surface area contributed by atoms with Crippen LogP contribution in [0.25, 0.3) is 0 Å². The van der Waals surface area contributed by atoms with Gasteiger partial charge in [0.15, 0.2) is 0 Å². The van der Waals surface area contributed by atoms with Gasteiger partial charge >= 0.3 is 0 Å². The van der Waals surface area contributed by atoms with Crippen molar-refractivity contribution in [3.8, 4) is 0 Å². The molecule has 0 atom stereocenters. The lowest BCUT2D eigenvalue weighted by atomic mass is 10.2. The molecule has 4 N–H and O–H groups in total. The average Bonchev–Trinajstić information content (AvgIpc) is 2.55. The Labute approximate surface area is 146 Å². The van der Waals surface area contributed by atoms with Crippen LogP contribution in [0.3, 0.4) is 0 Å². The van der Waals surface area contributed by atoms with Gasteiger partial charge in [0.05, 0.1) is 4.90 Å². The van der Waals surface area contributed by atoms with E-state index in [1.807, 2.05) is 0 Å². The molecule has 0 aromatic heterocycles. The Balaban J connectivity index is 0.000000506. The topological polar surface area (TPSA) is 101 Å². The molecule has 0 saturated carbocycles. The monoisotopic (exact) mass is 357 g/mol. The largest absolute Gasteiger partial charge is 0.352 e. The molecular formula is C17H31N3O3S. The highest BCUT2D eigenvalue weighted by Gasteiger charge is 2.09. The van der Waals surface area contributed by atoms with Crippen molar-refractivity contribution in [1.82, 2.24) is 10.6 Å². The fourth-order valence-corrected chi connectivity index (χ4v) is 2.30. The second kappa shape index (κ2) is 12.9. The van der Waals surface area contributed by atoms with E-state index in [1.54, 1.807) is 6.92 Å². The van der Waals surface area contributed by atoms with Crippen molar-refractivity contribution in [3.05, 3.63) is 29.8 Å². The van der Waals surface area contributed by atoms with E-state index in [-0.39, 0.29) is 10.8 Å². The molecule has 1 aromatic rings. The number of hydrogen-bond donors (Lipinski definition) is 3. The van der Waals surface area contributed by atoms with Crippen LogP contribution in [0.5, 0.6) is 0 Å². The zero-order chi connectivity index (χ0) is 18.4. The molecule has 0 aliphatic carbocycles. The summed E-state index contributed by atoms with van der Waals surface area (Å²) in [7, 11) is -3.69. The highest BCUT2D eigenvalue weighted by molar-refractivity contribution is 7.89. The number of nitrogens with two attached hydrogens (primary N) is 1. The highest BCUT2D eigenvalue weighted by Crippen LogP contribution is 2.08. The number of carbonyl (C=O) groups excluding carboxylic acids is 1. The summed E-state index contributed by atoms with van der Waals surface area (Å²) >= 11 is 0. The van der Waals surface area contributed by atoms with Crippen molar-refractivity contribution < 1.29 is 13.2 Å². The molecule has 0 aliphatic heterocycles. The first kappa shape index (κ1) is 22.6. The van der Waals surface area contributed by atoms with E-state index < -0.39 is 10.0 Å². The Morgan fingerprint density at radius 1 is 1.00 bits per heavy atom. The molecule has 0 fully saturated rings. The molecule has 6 nitrogen and oxygen atoms in total. The van der Waals surface area contributed by atoms with Crippen molar-refractivity contribution >= 4 is 15.9 Å². The van der Waals surface area contributed by atoms with Gasteiger partial charge in [-0.15, -0.1) is 0 Å². The lowest BCUT2D eigenvalue weighted by Gasteiger charge is -2.02. The lowest BCUT2D eigenvalue weighted by Crippen LogP contribution is -2.22. The van der Waals surface area contributed by atoms with Crippen LogP contribution in [0, 0.1) is 0 Å². The molecule has 7 heteroatoms. The Bertz CT molecular complexity index is 551. The standard InChI is InChI=1S/C9H12N2O3S.C8H19N/c1-2-11-9(12)7-3-5-8(6-4-7)15(10,13)14;1-3-5-7-9-8-6-4-2/h3-6H,2H2,1H3,(H,11,12)(H2,10,13,14);9H,3-8H2,1-2H3. The molecule has 0 unspecified atom stereocenters. The first-order valence-electron chi connectivity index (χ1n) is 8.48. The van der Waals surface area contributed by atoms with Crippen LogP contribution in [0.15, 0.2) is 29.2 Å². The van der Waals surface area contributed by atoms with Crippen LogP contribution < -0.4 is 15.8 Å². The second-order valence-electron chi connectivity index (χ2n) is 5.39. The van der Waals surface area contributed by atoms with Crippen LogP contribution in [0.4, 0.5) is 0 Å². The fourth-order valence-electron chi connectivity index (χ4n) is 1.79. The van der Waals surface area contributed by atoms with Crippen LogP contribution in [-0.4, -0.2) is 34.0 Å². The Morgan fingerprint density at radius 2 is 1.50 bits per heavy atom. The number of primary sulfonamides is 1. The van der Waals surface area contributed by atoms with Crippen molar-refractivity contribution in [2.45, 2.75) is 51.3 Å². The van der Waals surface area contributed by atoms with Crippen molar-refractivity contribution in [3.63, 3.8) is 0 Å². The van der Waals surface area contributed by atoms with E-state index in [0.717, 1.165) is 0 Å². The minimum Gasteiger partial charge on any atom is -0.352 e. The molecule has 24 heavy (non-hydrogen) atoms. The average molecular weight is 358 g/mol. The minimum absolute atomic E-state index is 0.00412. The van der Waals surface area contributed by atoms with E-state index in [2.05, 4.69) is 24.5 Å². The normalized spacial score (nSPS) is 10.7. The maximum Gasteiger partial charge on any atom is 0.251 e. The van der Waals surface area contributed by atoms with Crippen LogP contribution in [-0.2, 0) is 10.0 Å².